The zero-order valence-electron chi connectivity index (χ0n) is 14.1. The van der Waals surface area contributed by atoms with Gasteiger partial charge in [-0.1, -0.05) is 91.0 Å². The molecule has 3 heteroatoms. The highest BCUT2D eigenvalue weighted by Crippen LogP contribution is 2.23. The maximum Gasteiger partial charge on any atom is 0.224 e. The molecule has 3 aromatic carbocycles. The predicted octanol–water partition coefficient (Wildman–Crippen LogP) is 4.61. The second-order valence-corrected chi connectivity index (χ2v) is 10.1. The molecule has 0 bridgehead atoms. The molecule has 0 atom stereocenters. The molecule has 0 N–H and O–H groups in total. The predicted molar refractivity (Wildman–Crippen MR) is 104 cm³/mol. The Morgan fingerprint density at radius 2 is 0.920 bits per heavy atom. The van der Waals surface area contributed by atoms with Crippen molar-refractivity contribution < 1.29 is 4.79 Å². The van der Waals surface area contributed by atoms with Gasteiger partial charge >= 0.3 is 0 Å². The molecule has 0 aliphatic rings. The third kappa shape index (κ3) is 4.86. The number of benzene rings is 3. The number of rotatable bonds is 7. The summed E-state index contributed by atoms with van der Waals surface area (Å²) in [6, 6.07) is 33.6. The van der Waals surface area contributed by atoms with Crippen LogP contribution in [0.5, 0.6) is 0 Å². The Hall–Kier alpha value is -2.74. The van der Waals surface area contributed by atoms with Crippen LogP contribution in [-0.2, 0) is 22.9 Å². The van der Waals surface area contributed by atoms with Gasteiger partial charge in [-0.25, -0.2) is 9.45 Å². The molecule has 124 valence electrons. The zero-order chi connectivity index (χ0) is 17.4. The van der Waals surface area contributed by atoms with Gasteiger partial charge < -0.3 is 0 Å². The summed E-state index contributed by atoms with van der Waals surface area (Å²) >= 11 is 0. The lowest BCUT2D eigenvalue weighted by Crippen LogP contribution is -2.42. The van der Waals surface area contributed by atoms with Crippen molar-refractivity contribution in [3.8, 4) is 0 Å². The summed E-state index contributed by atoms with van der Waals surface area (Å²) in [6.45, 7) is 0. The van der Waals surface area contributed by atoms with E-state index < -0.39 is 8.24 Å². The second kappa shape index (κ2) is 8.38. The highest BCUT2D eigenvalue weighted by molar-refractivity contribution is 6.77. The number of hydrogen-bond acceptors (Lipinski definition) is 2. The minimum absolute atomic E-state index is 0.840. The quantitative estimate of drug-likeness (QED) is 0.350. The van der Waals surface area contributed by atoms with Crippen molar-refractivity contribution in [2.24, 2.45) is 4.66 Å². The summed E-state index contributed by atoms with van der Waals surface area (Å²) in [5, 5.41) is 0. The van der Waals surface area contributed by atoms with Crippen molar-refractivity contribution in [3.63, 3.8) is 0 Å². The van der Waals surface area contributed by atoms with Gasteiger partial charge in [-0.2, -0.15) is 0 Å². The largest absolute Gasteiger partial charge is 0.246 e. The van der Waals surface area contributed by atoms with E-state index in [1.54, 1.807) is 0 Å². The number of nitrogens with zero attached hydrogens (tertiary/aromatic N) is 1. The zero-order valence-corrected chi connectivity index (χ0v) is 15.1. The Kier molecular flexibility index (Phi) is 5.73. The van der Waals surface area contributed by atoms with Crippen molar-refractivity contribution in [3.05, 3.63) is 108 Å². The Bertz CT molecular complexity index is 726. The molecule has 25 heavy (non-hydrogen) atoms. The molecule has 0 unspecified atom stereocenters. The van der Waals surface area contributed by atoms with Crippen LogP contribution in [-0.4, -0.2) is 14.3 Å². The smallest absolute Gasteiger partial charge is 0.224 e. The van der Waals surface area contributed by atoms with E-state index >= 15 is 0 Å². The van der Waals surface area contributed by atoms with Gasteiger partial charge in [0.05, 0.1) is 0 Å². The van der Waals surface area contributed by atoms with Crippen molar-refractivity contribution >= 4 is 14.3 Å². The van der Waals surface area contributed by atoms with Crippen molar-refractivity contribution in [2.45, 2.75) is 18.1 Å². The summed E-state index contributed by atoms with van der Waals surface area (Å²) in [7, 11) is -2.32. The lowest BCUT2D eigenvalue weighted by Gasteiger charge is -2.26. The van der Waals surface area contributed by atoms with Crippen LogP contribution in [0.15, 0.2) is 95.7 Å². The van der Waals surface area contributed by atoms with E-state index in [2.05, 4.69) is 41.1 Å². The normalized spacial score (nSPS) is 10.9. The summed E-state index contributed by atoms with van der Waals surface area (Å²) in [4.78, 5) is 11.3. The molecule has 0 heterocycles. The number of carbonyl (C=O) groups excluding carboxylic acids is 1. The topological polar surface area (TPSA) is 29.4 Å². The van der Waals surface area contributed by atoms with Gasteiger partial charge in [0.1, 0.15) is 0 Å². The van der Waals surface area contributed by atoms with E-state index in [9.17, 15) is 4.79 Å². The number of hydrogen-bond donors (Lipinski definition) is 0. The van der Waals surface area contributed by atoms with E-state index in [0.29, 0.717) is 0 Å². The summed E-state index contributed by atoms with van der Waals surface area (Å²) < 4.78 is 4.47. The molecule has 2 nitrogen and oxygen atoms in total. The molecule has 0 amide bonds. The maximum atomic E-state index is 11.3. The van der Waals surface area contributed by atoms with Crippen LogP contribution in [0.25, 0.3) is 0 Å². The summed E-state index contributed by atoms with van der Waals surface area (Å²) in [5.74, 6) is 0. The standard InChI is InChI=1S/C22H21NOSi/c24-19-23-25(16-20-10-4-1-5-11-20,17-21-12-6-2-7-13-21)18-22-14-8-3-9-15-22/h1-15H,16-18H2. The van der Waals surface area contributed by atoms with Gasteiger partial charge in [-0.3, -0.25) is 0 Å². The minimum Gasteiger partial charge on any atom is -0.246 e. The number of isocyanates is 1. The van der Waals surface area contributed by atoms with Gasteiger partial charge in [-0.15, -0.1) is 0 Å². The highest BCUT2D eigenvalue weighted by atomic mass is 28.3. The highest BCUT2D eigenvalue weighted by Gasteiger charge is 2.35. The van der Waals surface area contributed by atoms with Gasteiger partial charge in [0.25, 0.3) is 0 Å². The summed E-state index contributed by atoms with van der Waals surface area (Å²) in [6.07, 6.45) is 1.91. The molecule has 0 spiro atoms. The third-order valence-electron chi connectivity index (χ3n) is 4.41. The first kappa shape index (κ1) is 17.1. The maximum absolute atomic E-state index is 11.3. The van der Waals surface area contributed by atoms with Gasteiger partial charge in [-0.05, 0) is 34.8 Å². The third-order valence-corrected chi connectivity index (χ3v) is 8.18. The fraction of sp³-hybridized carbons (Fsp3) is 0.136. The molecular weight excluding hydrogens is 322 g/mol. The molecule has 3 aromatic rings. The molecule has 0 fully saturated rings. The SMILES string of the molecule is O=C=N[Si](Cc1ccccc1)(Cc1ccccc1)Cc1ccccc1. The van der Waals surface area contributed by atoms with Crippen LogP contribution in [0.1, 0.15) is 16.7 Å². The van der Waals surface area contributed by atoms with Crippen LogP contribution in [0.4, 0.5) is 0 Å². The molecule has 0 saturated carbocycles. The van der Waals surface area contributed by atoms with Crippen molar-refractivity contribution in [2.75, 3.05) is 0 Å². The Balaban J connectivity index is 1.98. The van der Waals surface area contributed by atoms with Crippen molar-refractivity contribution in [1.29, 1.82) is 0 Å². The van der Waals surface area contributed by atoms with Gasteiger partial charge in [0.2, 0.25) is 14.3 Å². The summed E-state index contributed by atoms with van der Waals surface area (Å²) in [5.41, 5.74) is 3.71. The molecular formula is C22H21NOSi. The fourth-order valence-electron chi connectivity index (χ4n) is 3.33. The van der Waals surface area contributed by atoms with Crippen molar-refractivity contribution in [1.82, 2.24) is 0 Å². The average molecular weight is 344 g/mol. The van der Waals surface area contributed by atoms with Crippen LogP contribution in [0.3, 0.4) is 0 Å². The average Bonchev–Trinajstić information content (AvgIpc) is 2.64. The van der Waals surface area contributed by atoms with Crippen LogP contribution < -0.4 is 0 Å². The van der Waals surface area contributed by atoms with Crippen LogP contribution in [0, 0.1) is 0 Å². The molecule has 0 aromatic heterocycles. The second-order valence-electron chi connectivity index (χ2n) is 6.41. The van der Waals surface area contributed by atoms with E-state index in [0.717, 1.165) is 18.1 Å². The molecule has 0 aliphatic carbocycles. The first-order valence-corrected chi connectivity index (χ1v) is 11.1. The van der Waals surface area contributed by atoms with E-state index in [-0.39, 0.29) is 0 Å². The van der Waals surface area contributed by atoms with E-state index in [1.165, 1.54) is 16.7 Å². The van der Waals surface area contributed by atoms with Crippen LogP contribution in [0.2, 0.25) is 0 Å². The first-order chi connectivity index (χ1) is 12.3. The molecule has 0 radical (unpaired) electrons. The molecule has 0 saturated heterocycles. The fourth-order valence-corrected chi connectivity index (χ4v) is 7.12. The molecule has 0 aliphatic heterocycles. The van der Waals surface area contributed by atoms with E-state index in [1.807, 2.05) is 60.7 Å². The van der Waals surface area contributed by atoms with Gasteiger partial charge in [0, 0.05) is 0 Å². The molecule has 3 rings (SSSR count). The Morgan fingerprint density at radius 1 is 0.600 bits per heavy atom. The lowest BCUT2D eigenvalue weighted by atomic mass is 10.2. The van der Waals surface area contributed by atoms with E-state index in [4.69, 9.17) is 0 Å². The Morgan fingerprint density at radius 3 is 1.20 bits per heavy atom. The monoisotopic (exact) mass is 343 g/mol. The lowest BCUT2D eigenvalue weighted by molar-refractivity contribution is 0.565. The first-order valence-electron chi connectivity index (χ1n) is 8.50. The minimum atomic E-state index is -2.32. The van der Waals surface area contributed by atoms with Gasteiger partial charge in [0.15, 0.2) is 0 Å². The van der Waals surface area contributed by atoms with Crippen LogP contribution >= 0.6 is 0 Å². The Labute approximate surface area is 150 Å².